The van der Waals surface area contributed by atoms with Crippen LogP contribution in [0.3, 0.4) is 0 Å². The number of esters is 1. The number of nitrogens with one attached hydrogen (secondary N) is 1. The minimum atomic E-state index is -0.555. The van der Waals surface area contributed by atoms with Crippen molar-refractivity contribution in [3.8, 4) is 0 Å². The van der Waals surface area contributed by atoms with Crippen molar-refractivity contribution in [2.45, 2.75) is 0 Å². The first kappa shape index (κ1) is 15.0. The van der Waals surface area contributed by atoms with Crippen molar-refractivity contribution in [1.29, 1.82) is 0 Å². The summed E-state index contributed by atoms with van der Waals surface area (Å²) in [6, 6.07) is 0. The SMILES string of the molecule is C=CCNC(=O)c1sc(N(C)C)c(C(=O)OC)c1N. The van der Waals surface area contributed by atoms with Crippen LogP contribution in [0, 0.1) is 0 Å². The van der Waals surface area contributed by atoms with Gasteiger partial charge >= 0.3 is 5.97 Å². The molecule has 0 aliphatic carbocycles. The van der Waals surface area contributed by atoms with Crippen LogP contribution in [0.15, 0.2) is 12.7 Å². The van der Waals surface area contributed by atoms with Gasteiger partial charge in [-0.25, -0.2) is 4.79 Å². The quantitative estimate of drug-likeness (QED) is 0.624. The molecule has 0 radical (unpaired) electrons. The largest absolute Gasteiger partial charge is 0.465 e. The Morgan fingerprint density at radius 3 is 2.63 bits per heavy atom. The van der Waals surface area contributed by atoms with E-state index < -0.39 is 5.97 Å². The van der Waals surface area contributed by atoms with Crippen molar-refractivity contribution in [3.05, 3.63) is 23.1 Å². The number of hydrogen-bond donors (Lipinski definition) is 2. The second-order valence-corrected chi connectivity index (χ2v) is 4.91. The Morgan fingerprint density at radius 2 is 2.16 bits per heavy atom. The Morgan fingerprint density at radius 1 is 1.53 bits per heavy atom. The molecule has 1 amide bonds. The lowest BCUT2D eigenvalue weighted by atomic mass is 10.2. The standard InChI is InChI=1S/C12H17N3O3S/c1-5-6-14-10(16)9-8(13)7(12(17)18-4)11(19-9)15(2)3/h5H,1,6,13H2,2-4H3,(H,14,16). The lowest BCUT2D eigenvalue weighted by Crippen LogP contribution is -2.23. The van der Waals surface area contributed by atoms with E-state index in [-0.39, 0.29) is 17.2 Å². The van der Waals surface area contributed by atoms with Gasteiger partial charge in [-0.15, -0.1) is 17.9 Å². The maximum absolute atomic E-state index is 11.9. The van der Waals surface area contributed by atoms with Gasteiger partial charge in [-0.2, -0.15) is 0 Å². The van der Waals surface area contributed by atoms with Crippen LogP contribution < -0.4 is 16.0 Å². The number of ether oxygens (including phenoxy) is 1. The highest BCUT2D eigenvalue weighted by molar-refractivity contribution is 7.19. The maximum atomic E-state index is 11.9. The van der Waals surface area contributed by atoms with Crippen molar-refractivity contribution >= 4 is 33.9 Å². The van der Waals surface area contributed by atoms with Crippen LogP contribution in [0.2, 0.25) is 0 Å². The summed E-state index contributed by atoms with van der Waals surface area (Å²) in [4.78, 5) is 25.7. The normalized spacial score (nSPS) is 9.84. The van der Waals surface area contributed by atoms with E-state index in [2.05, 4.69) is 11.9 Å². The van der Waals surface area contributed by atoms with Crippen LogP contribution in [-0.4, -0.2) is 39.6 Å². The lowest BCUT2D eigenvalue weighted by molar-refractivity contribution is 0.0603. The monoisotopic (exact) mass is 283 g/mol. The van der Waals surface area contributed by atoms with Crippen LogP contribution in [0.4, 0.5) is 10.7 Å². The number of rotatable bonds is 5. The second kappa shape index (κ2) is 6.24. The molecule has 1 aromatic heterocycles. The minimum Gasteiger partial charge on any atom is -0.465 e. The predicted octanol–water partition coefficient (Wildman–Crippen LogP) is 1.10. The number of nitrogens with zero attached hydrogens (tertiary/aromatic N) is 1. The molecule has 7 heteroatoms. The van der Waals surface area contributed by atoms with Crippen molar-refractivity contribution in [3.63, 3.8) is 0 Å². The molecule has 19 heavy (non-hydrogen) atoms. The number of nitrogens with two attached hydrogens (primary N) is 1. The molecule has 3 N–H and O–H groups in total. The molecule has 0 spiro atoms. The predicted molar refractivity (Wildman–Crippen MR) is 76.9 cm³/mol. The molecule has 1 heterocycles. The van der Waals surface area contributed by atoms with E-state index in [4.69, 9.17) is 10.5 Å². The smallest absolute Gasteiger partial charge is 0.343 e. The number of hydrogen-bond acceptors (Lipinski definition) is 6. The number of methoxy groups -OCH3 is 1. The Labute approximate surface area is 115 Å². The van der Waals surface area contributed by atoms with Crippen molar-refractivity contribution in [2.24, 2.45) is 0 Å². The van der Waals surface area contributed by atoms with E-state index in [0.717, 1.165) is 11.3 Å². The number of amides is 1. The fraction of sp³-hybridized carbons (Fsp3) is 0.333. The zero-order valence-corrected chi connectivity index (χ0v) is 12.0. The molecule has 1 aromatic rings. The fourth-order valence-electron chi connectivity index (χ4n) is 1.46. The molecule has 0 unspecified atom stereocenters. The first-order valence-electron chi connectivity index (χ1n) is 5.51. The first-order chi connectivity index (χ1) is 8.93. The molecule has 0 saturated heterocycles. The third kappa shape index (κ3) is 3.05. The Bertz CT molecular complexity index is 509. The van der Waals surface area contributed by atoms with E-state index in [9.17, 15) is 9.59 Å². The maximum Gasteiger partial charge on any atom is 0.343 e. The highest BCUT2D eigenvalue weighted by atomic mass is 32.1. The van der Waals surface area contributed by atoms with Crippen LogP contribution in [-0.2, 0) is 4.74 Å². The van der Waals surface area contributed by atoms with Gasteiger partial charge in [-0.3, -0.25) is 4.79 Å². The van der Waals surface area contributed by atoms with Gasteiger partial charge in [0.25, 0.3) is 5.91 Å². The van der Waals surface area contributed by atoms with E-state index in [1.807, 2.05) is 0 Å². The molecule has 0 aliphatic rings. The molecule has 0 aliphatic heterocycles. The van der Waals surface area contributed by atoms with Gasteiger partial charge in [0.1, 0.15) is 15.4 Å². The van der Waals surface area contributed by atoms with Crippen molar-refractivity contribution in [2.75, 3.05) is 38.4 Å². The number of carbonyl (C=O) groups excluding carboxylic acids is 2. The molecule has 0 aromatic carbocycles. The van der Waals surface area contributed by atoms with E-state index >= 15 is 0 Å². The molecule has 0 saturated carbocycles. The number of thiophene rings is 1. The number of nitrogen functional groups attached to an aromatic ring is 1. The molecule has 104 valence electrons. The van der Waals surface area contributed by atoms with Gasteiger partial charge in [-0.1, -0.05) is 6.08 Å². The Balaban J connectivity index is 3.25. The van der Waals surface area contributed by atoms with Crippen LogP contribution >= 0.6 is 11.3 Å². The van der Waals surface area contributed by atoms with Crippen LogP contribution in [0.25, 0.3) is 0 Å². The van der Waals surface area contributed by atoms with Crippen molar-refractivity contribution < 1.29 is 14.3 Å². The second-order valence-electron chi connectivity index (χ2n) is 3.91. The zero-order valence-electron chi connectivity index (χ0n) is 11.1. The fourth-order valence-corrected chi connectivity index (χ4v) is 2.51. The molecule has 0 fully saturated rings. The molecule has 0 atom stereocenters. The summed E-state index contributed by atoms with van der Waals surface area (Å²) in [5.74, 6) is -0.888. The van der Waals surface area contributed by atoms with E-state index in [1.165, 1.54) is 7.11 Å². The summed E-state index contributed by atoms with van der Waals surface area (Å²) < 4.78 is 4.70. The number of anilines is 2. The van der Waals surface area contributed by atoms with Gasteiger partial charge in [-0.05, 0) is 0 Å². The molecule has 1 rings (SSSR count). The highest BCUT2D eigenvalue weighted by Gasteiger charge is 2.26. The molecular weight excluding hydrogens is 266 g/mol. The molecular formula is C12H17N3O3S. The summed E-state index contributed by atoms with van der Waals surface area (Å²) in [5.41, 5.74) is 6.25. The summed E-state index contributed by atoms with van der Waals surface area (Å²) in [6.45, 7) is 3.85. The Hall–Kier alpha value is -2.02. The molecule has 0 bridgehead atoms. The summed E-state index contributed by atoms with van der Waals surface area (Å²) in [7, 11) is 4.81. The van der Waals surface area contributed by atoms with Gasteiger partial charge in [0.05, 0.1) is 12.8 Å². The topological polar surface area (TPSA) is 84.7 Å². The minimum absolute atomic E-state index is 0.141. The molecule has 6 nitrogen and oxygen atoms in total. The van der Waals surface area contributed by atoms with Gasteiger partial charge in [0.15, 0.2) is 0 Å². The third-order valence-electron chi connectivity index (χ3n) is 2.34. The van der Waals surface area contributed by atoms with E-state index in [1.54, 1.807) is 25.1 Å². The van der Waals surface area contributed by atoms with E-state index in [0.29, 0.717) is 16.4 Å². The van der Waals surface area contributed by atoms with Crippen molar-refractivity contribution in [1.82, 2.24) is 5.32 Å². The van der Waals surface area contributed by atoms with Crippen LogP contribution in [0.1, 0.15) is 20.0 Å². The van der Waals surface area contributed by atoms with Gasteiger partial charge in [0.2, 0.25) is 0 Å². The summed E-state index contributed by atoms with van der Waals surface area (Å²) in [6.07, 6.45) is 1.57. The zero-order chi connectivity index (χ0) is 14.6. The third-order valence-corrected chi connectivity index (χ3v) is 3.71. The first-order valence-corrected chi connectivity index (χ1v) is 6.32. The van der Waals surface area contributed by atoms with Gasteiger partial charge < -0.3 is 20.7 Å². The van der Waals surface area contributed by atoms with Crippen LogP contribution in [0.5, 0.6) is 0 Å². The lowest BCUT2D eigenvalue weighted by Gasteiger charge is -2.11. The summed E-state index contributed by atoms with van der Waals surface area (Å²) in [5, 5.41) is 3.22. The summed E-state index contributed by atoms with van der Waals surface area (Å²) >= 11 is 1.15. The van der Waals surface area contributed by atoms with Gasteiger partial charge in [0, 0.05) is 20.6 Å². The average Bonchev–Trinajstić information content (AvgIpc) is 2.73. The highest BCUT2D eigenvalue weighted by Crippen LogP contribution is 2.37. The number of carbonyl (C=O) groups is 2. The average molecular weight is 283 g/mol. The Kier molecular flexibility index (Phi) is 4.94.